The van der Waals surface area contributed by atoms with Crippen LogP contribution in [-0.2, 0) is 0 Å². The molecule has 0 spiro atoms. The van der Waals surface area contributed by atoms with E-state index in [1.54, 1.807) is 0 Å². The Morgan fingerprint density at radius 2 is 1.26 bits per heavy atom. The van der Waals surface area contributed by atoms with Gasteiger partial charge in [-0.05, 0) is 85.7 Å². The molecule has 0 saturated carbocycles. The first-order valence-electron chi connectivity index (χ1n) is 6.47. The number of nitrogen functional groups attached to an aromatic ring is 1. The summed E-state index contributed by atoms with van der Waals surface area (Å²) in [5.74, 6) is 0. The van der Waals surface area contributed by atoms with Gasteiger partial charge in [-0.25, -0.2) is 0 Å². The normalized spacial score (nSPS) is 10.8. The van der Waals surface area contributed by atoms with Crippen LogP contribution in [0.2, 0.25) is 5.02 Å². The van der Waals surface area contributed by atoms with E-state index in [2.05, 4.69) is 34.6 Å². The van der Waals surface area contributed by atoms with Crippen molar-refractivity contribution in [3.05, 3.63) is 51.0 Å². The summed E-state index contributed by atoms with van der Waals surface area (Å²) in [5, 5.41) is 0.611. The molecule has 0 aromatic heterocycles. The molecule has 100 valence electrons. The van der Waals surface area contributed by atoms with E-state index < -0.39 is 0 Å². The Hall–Kier alpha value is -1.47. The first kappa shape index (κ1) is 14.0. The standard InChI is InChI=1S/C17H20ClN/c1-9-10(2)12(4)17(13(5)11(9)3)14-6-7-15(18)16(19)8-14/h6-8H,19H2,1-5H3. The molecule has 1 nitrogen and oxygen atoms in total. The maximum Gasteiger partial charge on any atom is 0.0635 e. The maximum atomic E-state index is 6.01. The zero-order valence-corrected chi connectivity index (χ0v) is 12.9. The van der Waals surface area contributed by atoms with Gasteiger partial charge < -0.3 is 5.73 Å². The zero-order chi connectivity index (χ0) is 14.3. The largest absolute Gasteiger partial charge is 0.398 e. The third-order valence-electron chi connectivity index (χ3n) is 4.28. The minimum atomic E-state index is 0.611. The van der Waals surface area contributed by atoms with Crippen molar-refractivity contribution in [1.29, 1.82) is 0 Å². The molecule has 0 radical (unpaired) electrons. The molecular weight excluding hydrogens is 254 g/mol. The number of halogens is 1. The Morgan fingerprint density at radius 3 is 1.74 bits per heavy atom. The first-order chi connectivity index (χ1) is 8.84. The third-order valence-corrected chi connectivity index (χ3v) is 4.63. The molecule has 2 N–H and O–H groups in total. The highest BCUT2D eigenvalue weighted by Gasteiger charge is 2.14. The van der Waals surface area contributed by atoms with Crippen molar-refractivity contribution in [3.8, 4) is 11.1 Å². The fourth-order valence-electron chi connectivity index (χ4n) is 2.63. The van der Waals surface area contributed by atoms with Crippen molar-refractivity contribution in [2.75, 3.05) is 5.73 Å². The van der Waals surface area contributed by atoms with Crippen LogP contribution in [0.1, 0.15) is 27.8 Å². The second-order valence-corrected chi connectivity index (χ2v) is 5.64. The second kappa shape index (κ2) is 4.90. The highest BCUT2D eigenvalue weighted by molar-refractivity contribution is 6.33. The van der Waals surface area contributed by atoms with E-state index in [9.17, 15) is 0 Å². The van der Waals surface area contributed by atoms with Gasteiger partial charge in [0, 0.05) is 0 Å². The Balaban J connectivity index is 2.79. The summed E-state index contributed by atoms with van der Waals surface area (Å²) in [4.78, 5) is 0. The van der Waals surface area contributed by atoms with Crippen LogP contribution in [0.25, 0.3) is 11.1 Å². The lowest BCUT2D eigenvalue weighted by molar-refractivity contribution is 1.18. The zero-order valence-electron chi connectivity index (χ0n) is 12.2. The summed E-state index contributed by atoms with van der Waals surface area (Å²) in [6.45, 7) is 10.9. The predicted octanol–water partition coefficient (Wildman–Crippen LogP) is 5.13. The van der Waals surface area contributed by atoms with Crippen LogP contribution in [-0.4, -0.2) is 0 Å². The van der Waals surface area contributed by atoms with Crippen LogP contribution in [0.4, 0.5) is 5.69 Å². The van der Waals surface area contributed by atoms with Crippen molar-refractivity contribution < 1.29 is 0 Å². The Morgan fingerprint density at radius 1 is 0.789 bits per heavy atom. The number of nitrogens with two attached hydrogens (primary N) is 1. The molecule has 0 aliphatic heterocycles. The van der Waals surface area contributed by atoms with Crippen molar-refractivity contribution >= 4 is 17.3 Å². The highest BCUT2D eigenvalue weighted by Crippen LogP contribution is 2.35. The lowest BCUT2D eigenvalue weighted by atomic mass is 9.86. The number of hydrogen-bond donors (Lipinski definition) is 1. The van der Waals surface area contributed by atoms with Crippen LogP contribution in [0.5, 0.6) is 0 Å². The summed E-state index contributed by atoms with van der Waals surface area (Å²) >= 11 is 6.01. The number of hydrogen-bond acceptors (Lipinski definition) is 1. The van der Waals surface area contributed by atoms with Crippen LogP contribution >= 0.6 is 11.6 Å². The molecule has 0 bridgehead atoms. The van der Waals surface area contributed by atoms with E-state index in [4.69, 9.17) is 17.3 Å². The van der Waals surface area contributed by atoms with Gasteiger partial charge in [-0.3, -0.25) is 0 Å². The molecule has 2 rings (SSSR count). The van der Waals surface area contributed by atoms with E-state index in [0.29, 0.717) is 10.7 Å². The Bertz CT molecular complexity index is 628. The molecule has 0 amide bonds. The third kappa shape index (κ3) is 2.23. The van der Waals surface area contributed by atoms with Crippen molar-refractivity contribution in [2.45, 2.75) is 34.6 Å². The average molecular weight is 274 g/mol. The SMILES string of the molecule is Cc1c(C)c(C)c(-c2ccc(Cl)c(N)c2)c(C)c1C. The van der Waals surface area contributed by atoms with Crippen LogP contribution in [0, 0.1) is 34.6 Å². The van der Waals surface area contributed by atoms with Gasteiger partial charge in [-0.15, -0.1) is 0 Å². The summed E-state index contributed by atoms with van der Waals surface area (Å²) in [6, 6.07) is 5.88. The predicted molar refractivity (Wildman–Crippen MR) is 85.0 cm³/mol. The quantitative estimate of drug-likeness (QED) is 0.716. The topological polar surface area (TPSA) is 26.0 Å². The molecule has 0 fully saturated rings. The monoisotopic (exact) mass is 273 g/mol. The molecule has 0 saturated heterocycles. The highest BCUT2D eigenvalue weighted by atomic mass is 35.5. The van der Waals surface area contributed by atoms with Gasteiger partial charge in [0.15, 0.2) is 0 Å². The molecule has 0 heterocycles. The molecule has 2 aromatic rings. The summed E-state index contributed by atoms with van der Waals surface area (Å²) in [6.07, 6.45) is 0. The summed E-state index contributed by atoms with van der Waals surface area (Å²) < 4.78 is 0. The van der Waals surface area contributed by atoms with Gasteiger partial charge in [-0.1, -0.05) is 17.7 Å². The second-order valence-electron chi connectivity index (χ2n) is 5.24. The Kier molecular flexibility index (Phi) is 3.60. The van der Waals surface area contributed by atoms with Crippen LogP contribution < -0.4 is 5.73 Å². The van der Waals surface area contributed by atoms with E-state index in [1.165, 1.54) is 33.4 Å². The summed E-state index contributed by atoms with van der Waals surface area (Å²) in [7, 11) is 0. The maximum absolute atomic E-state index is 6.01. The van der Waals surface area contributed by atoms with Crippen molar-refractivity contribution in [1.82, 2.24) is 0 Å². The van der Waals surface area contributed by atoms with E-state index >= 15 is 0 Å². The van der Waals surface area contributed by atoms with Crippen LogP contribution in [0.15, 0.2) is 18.2 Å². The fraction of sp³-hybridized carbons (Fsp3) is 0.294. The summed E-state index contributed by atoms with van der Waals surface area (Å²) in [5.41, 5.74) is 15.7. The minimum absolute atomic E-state index is 0.611. The number of rotatable bonds is 1. The molecular formula is C17H20ClN. The molecule has 0 atom stereocenters. The van der Waals surface area contributed by atoms with Gasteiger partial charge in [0.25, 0.3) is 0 Å². The van der Waals surface area contributed by atoms with E-state index in [-0.39, 0.29) is 0 Å². The molecule has 0 aliphatic carbocycles. The molecule has 2 aromatic carbocycles. The number of anilines is 1. The van der Waals surface area contributed by atoms with Crippen molar-refractivity contribution in [3.63, 3.8) is 0 Å². The van der Waals surface area contributed by atoms with E-state index in [0.717, 1.165) is 5.56 Å². The average Bonchev–Trinajstić information content (AvgIpc) is 2.38. The minimum Gasteiger partial charge on any atom is -0.398 e. The number of benzene rings is 2. The molecule has 0 aliphatic rings. The van der Waals surface area contributed by atoms with Gasteiger partial charge in [0.05, 0.1) is 10.7 Å². The van der Waals surface area contributed by atoms with Gasteiger partial charge in [0.1, 0.15) is 0 Å². The molecule has 2 heteroatoms. The lowest BCUT2D eigenvalue weighted by Gasteiger charge is -2.19. The smallest absolute Gasteiger partial charge is 0.0635 e. The molecule has 19 heavy (non-hydrogen) atoms. The van der Waals surface area contributed by atoms with E-state index in [1.807, 2.05) is 18.2 Å². The van der Waals surface area contributed by atoms with Gasteiger partial charge >= 0.3 is 0 Å². The van der Waals surface area contributed by atoms with Gasteiger partial charge in [-0.2, -0.15) is 0 Å². The first-order valence-corrected chi connectivity index (χ1v) is 6.84. The Labute approximate surface area is 120 Å². The van der Waals surface area contributed by atoms with Crippen molar-refractivity contribution in [2.24, 2.45) is 0 Å². The van der Waals surface area contributed by atoms with Crippen LogP contribution in [0.3, 0.4) is 0 Å². The molecule has 0 unspecified atom stereocenters. The lowest BCUT2D eigenvalue weighted by Crippen LogP contribution is -2.00. The fourth-order valence-corrected chi connectivity index (χ4v) is 2.75. The van der Waals surface area contributed by atoms with Gasteiger partial charge in [0.2, 0.25) is 0 Å².